The van der Waals surface area contributed by atoms with Gasteiger partial charge in [-0.2, -0.15) is 0 Å². The average Bonchev–Trinajstić information content (AvgIpc) is 2.46. The first-order valence-electron chi connectivity index (χ1n) is 5.82. The van der Waals surface area contributed by atoms with E-state index in [4.69, 9.17) is 21.1 Å². The average molecular weight is 293 g/mol. The summed E-state index contributed by atoms with van der Waals surface area (Å²) in [5, 5.41) is 9.73. The number of halogens is 1. The predicted octanol–water partition coefficient (Wildman–Crippen LogP) is 3.72. The first kappa shape index (κ1) is 14.2. The number of carbonyl (C=O) groups is 1. The van der Waals surface area contributed by atoms with Crippen LogP contribution in [0.15, 0.2) is 36.4 Å². The maximum Gasteiger partial charge on any atom is 0.336 e. The molecule has 0 saturated heterocycles. The molecule has 0 unspecified atom stereocenters. The standard InChI is InChI=1S/C15H13ClO4/c1-19-10-4-5-11(12(8-10)15(17)18)9-3-6-14(20-2)13(16)7-9/h3-8H,1-2H3,(H,17,18). The van der Waals surface area contributed by atoms with Crippen molar-refractivity contribution in [3.63, 3.8) is 0 Å². The summed E-state index contributed by atoms with van der Waals surface area (Å²) in [6.07, 6.45) is 0. The van der Waals surface area contributed by atoms with Crippen LogP contribution < -0.4 is 9.47 Å². The summed E-state index contributed by atoms with van der Waals surface area (Å²) < 4.78 is 10.1. The van der Waals surface area contributed by atoms with Crippen LogP contribution in [0, 0.1) is 0 Å². The van der Waals surface area contributed by atoms with Gasteiger partial charge in [0.2, 0.25) is 0 Å². The van der Waals surface area contributed by atoms with E-state index >= 15 is 0 Å². The second kappa shape index (κ2) is 5.84. The Bertz CT molecular complexity index is 652. The fourth-order valence-electron chi connectivity index (χ4n) is 1.91. The fraction of sp³-hybridized carbons (Fsp3) is 0.133. The van der Waals surface area contributed by atoms with E-state index in [0.29, 0.717) is 27.6 Å². The van der Waals surface area contributed by atoms with Crippen molar-refractivity contribution in [2.75, 3.05) is 14.2 Å². The number of hydrogen-bond acceptors (Lipinski definition) is 3. The van der Waals surface area contributed by atoms with Crippen LogP contribution in [0.5, 0.6) is 11.5 Å². The van der Waals surface area contributed by atoms with E-state index in [0.717, 1.165) is 0 Å². The van der Waals surface area contributed by atoms with Gasteiger partial charge < -0.3 is 14.6 Å². The summed E-state index contributed by atoms with van der Waals surface area (Å²) in [6, 6.07) is 10.0. The topological polar surface area (TPSA) is 55.8 Å². The van der Waals surface area contributed by atoms with Gasteiger partial charge in [-0.05, 0) is 41.5 Å². The first-order valence-corrected chi connectivity index (χ1v) is 6.20. The van der Waals surface area contributed by atoms with E-state index in [1.807, 2.05) is 0 Å². The zero-order valence-electron chi connectivity index (χ0n) is 11.0. The quantitative estimate of drug-likeness (QED) is 0.933. The minimum absolute atomic E-state index is 0.158. The van der Waals surface area contributed by atoms with Gasteiger partial charge in [-0.15, -0.1) is 0 Å². The van der Waals surface area contributed by atoms with Gasteiger partial charge in [-0.3, -0.25) is 0 Å². The lowest BCUT2D eigenvalue weighted by atomic mass is 9.99. The molecule has 2 aromatic rings. The van der Waals surface area contributed by atoms with Crippen molar-refractivity contribution in [1.82, 2.24) is 0 Å². The second-order valence-corrected chi connectivity index (χ2v) is 4.47. The molecule has 2 aromatic carbocycles. The van der Waals surface area contributed by atoms with Crippen LogP contribution in [0.3, 0.4) is 0 Å². The van der Waals surface area contributed by atoms with Crippen molar-refractivity contribution in [2.24, 2.45) is 0 Å². The van der Waals surface area contributed by atoms with Gasteiger partial charge in [0.25, 0.3) is 0 Å². The molecule has 0 aliphatic heterocycles. The Morgan fingerprint density at radius 1 is 1.10 bits per heavy atom. The van der Waals surface area contributed by atoms with Crippen LogP contribution in [-0.2, 0) is 0 Å². The fourth-order valence-corrected chi connectivity index (χ4v) is 2.17. The largest absolute Gasteiger partial charge is 0.497 e. The highest BCUT2D eigenvalue weighted by molar-refractivity contribution is 6.32. The normalized spacial score (nSPS) is 10.2. The Labute approximate surface area is 121 Å². The number of carboxylic acids is 1. The van der Waals surface area contributed by atoms with Crippen LogP contribution in [0.4, 0.5) is 0 Å². The highest BCUT2D eigenvalue weighted by Crippen LogP contribution is 2.33. The molecule has 2 rings (SSSR count). The number of hydrogen-bond donors (Lipinski definition) is 1. The molecule has 0 heterocycles. The van der Waals surface area contributed by atoms with Gasteiger partial charge in [0, 0.05) is 0 Å². The number of ether oxygens (including phenoxy) is 2. The van der Waals surface area contributed by atoms with E-state index in [-0.39, 0.29) is 5.56 Å². The van der Waals surface area contributed by atoms with Crippen molar-refractivity contribution >= 4 is 17.6 Å². The van der Waals surface area contributed by atoms with Crippen molar-refractivity contribution < 1.29 is 19.4 Å². The Kier molecular flexibility index (Phi) is 4.15. The molecule has 0 saturated carbocycles. The maximum absolute atomic E-state index is 11.4. The van der Waals surface area contributed by atoms with Crippen molar-refractivity contribution in [1.29, 1.82) is 0 Å². The Morgan fingerprint density at radius 3 is 2.40 bits per heavy atom. The van der Waals surface area contributed by atoms with Crippen LogP contribution in [0.2, 0.25) is 5.02 Å². The monoisotopic (exact) mass is 292 g/mol. The Balaban J connectivity index is 2.57. The van der Waals surface area contributed by atoms with Crippen LogP contribution in [-0.4, -0.2) is 25.3 Å². The smallest absolute Gasteiger partial charge is 0.336 e. The van der Waals surface area contributed by atoms with Crippen LogP contribution >= 0.6 is 11.6 Å². The highest BCUT2D eigenvalue weighted by Gasteiger charge is 2.14. The van der Waals surface area contributed by atoms with E-state index in [2.05, 4.69) is 0 Å². The highest BCUT2D eigenvalue weighted by atomic mass is 35.5. The third-order valence-electron chi connectivity index (χ3n) is 2.92. The van der Waals surface area contributed by atoms with E-state index < -0.39 is 5.97 Å². The van der Waals surface area contributed by atoms with E-state index in [9.17, 15) is 9.90 Å². The predicted molar refractivity (Wildman–Crippen MR) is 77.0 cm³/mol. The van der Waals surface area contributed by atoms with E-state index in [1.54, 1.807) is 30.3 Å². The molecule has 20 heavy (non-hydrogen) atoms. The third-order valence-corrected chi connectivity index (χ3v) is 3.22. The number of methoxy groups -OCH3 is 2. The van der Waals surface area contributed by atoms with Crippen molar-refractivity contribution in [2.45, 2.75) is 0 Å². The number of carboxylic acid groups (broad SMARTS) is 1. The molecular formula is C15H13ClO4. The summed E-state index contributed by atoms with van der Waals surface area (Å²) in [7, 11) is 3.02. The number of rotatable bonds is 4. The molecule has 0 amide bonds. The summed E-state index contributed by atoms with van der Waals surface area (Å²) in [6.45, 7) is 0. The van der Waals surface area contributed by atoms with Crippen molar-refractivity contribution in [3.8, 4) is 22.6 Å². The molecule has 0 aromatic heterocycles. The Morgan fingerprint density at radius 2 is 1.85 bits per heavy atom. The second-order valence-electron chi connectivity index (χ2n) is 4.07. The lowest BCUT2D eigenvalue weighted by Crippen LogP contribution is -2.00. The van der Waals surface area contributed by atoms with Crippen LogP contribution in [0.25, 0.3) is 11.1 Å². The summed E-state index contributed by atoms with van der Waals surface area (Å²) in [5.41, 5.74) is 1.43. The van der Waals surface area contributed by atoms with Gasteiger partial charge >= 0.3 is 5.97 Å². The van der Waals surface area contributed by atoms with Gasteiger partial charge in [0.1, 0.15) is 11.5 Å². The Hall–Kier alpha value is -2.20. The van der Waals surface area contributed by atoms with Crippen molar-refractivity contribution in [3.05, 3.63) is 47.0 Å². The minimum Gasteiger partial charge on any atom is -0.497 e. The first-order chi connectivity index (χ1) is 9.56. The van der Waals surface area contributed by atoms with E-state index in [1.165, 1.54) is 20.3 Å². The lowest BCUT2D eigenvalue weighted by molar-refractivity contribution is 0.0697. The van der Waals surface area contributed by atoms with Gasteiger partial charge in [0.15, 0.2) is 0 Å². The van der Waals surface area contributed by atoms with Crippen LogP contribution in [0.1, 0.15) is 10.4 Å². The molecule has 0 bridgehead atoms. The summed E-state index contributed by atoms with van der Waals surface area (Å²) in [5.74, 6) is 0.0115. The minimum atomic E-state index is -1.02. The lowest BCUT2D eigenvalue weighted by Gasteiger charge is -2.10. The summed E-state index contributed by atoms with van der Waals surface area (Å²) >= 11 is 6.07. The number of benzene rings is 2. The molecule has 0 aliphatic rings. The molecule has 1 N–H and O–H groups in total. The maximum atomic E-state index is 11.4. The van der Waals surface area contributed by atoms with Gasteiger partial charge in [0.05, 0.1) is 24.8 Å². The molecule has 4 nitrogen and oxygen atoms in total. The zero-order valence-corrected chi connectivity index (χ0v) is 11.8. The molecule has 104 valence electrons. The SMILES string of the molecule is COc1ccc(-c2ccc(OC)c(Cl)c2)c(C(=O)O)c1. The molecule has 0 fully saturated rings. The summed E-state index contributed by atoms with van der Waals surface area (Å²) in [4.78, 5) is 11.4. The molecule has 0 aliphatic carbocycles. The third kappa shape index (κ3) is 2.70. The number of aromatic carboxylic acids is 1. The molecular weight excluding hydrogens is 280 g/mol. The van der Waals surface area contributed by atoms with Gasteiger partial charge in [-0.1, -0.05) is 17.7 Å². The molecule has 5 heteroatoms. The molecule has 0 atom stereocenters. The zero-order chi connectivity index (χ0) is 14.7. The van der Waals surface area contributed by atoms with Gasteiger partial charge in [-0.25, -0.2) is 4.79 Å². The molecule has 0 radical (unpaired) electrons. The molecule has 0 spiro atoms.